The van der Waals surface area contributed by atoms with Crippen molar-refractivity contribution in [3.05, 3.63) is 34.7 Å². The van der Waals surface area contributed by atoms with Crippen LogP contribution >= 0.6 is 11.8 Å². The molecule has 5 heteroatoms. The number of hydrogen-bond acceptors (Lipinski definition) is 4. The average Bonchev–Trinajstić information content (AvgIpc) is 2.66. The SMILES string of the molecule is CCN1C(=O)S/C(=C/c2ccc(OC(C)C)cc2)C1=O. The lowest BCUT2D eigenvalue weighted by molar-refractivity contribution is -0.122. The fourth-order valence-electron chi connectivity index (χ4n) is 1.84. The molecule has 4 nitrogen and oxygen atoms in total. The van der Waals surface area contributed by atoms with E-state index in [-0.39, 0.29) is 17.3 Å². The smallest absolute Gasteiger partial charge is 0.293 e. The second kappa shape index (κ2) is 6.13. The van der Waals surface area contributed by atoms with Crippen LogP contribution in [0.1, 0.15) is 26.3 Å². The summed E-state index contributed by atoms with van der Waals surface area (Å²) in [6.45, 7) is 6.13. The topological polar surface area (TPSA) is 46.6 Å². The third kappa shape index (κ3) is 3.22. The maximum atomic E-state index is 12.0. The zero-order chi connectivity index (χ0) is 14.7. The number of thioether (sulfide) groups is 1. The molecule has 0 unspecified atom stereocenters. The van der Waals surface area contributed by atoms with Crippen molar-refractivity contribution in [2.24, 2.45) is 0 Å². The first-order valence-electron chi connectivity index (χ1n) is 6.53. The number of carbonyl (C=O) groups excluding carboxylic acids is 2. The van der Waals surface area contributed by atoms with E-state index >= 15 is 0 Å². The molecule has 0 bridgehead atoms. The van der Waals surface area contributed by atoms with Gasteiger partial charge >= 0.3 is 0 Å². The number of hydrogen-bond donors (Lipinski definition) is 0. The van der Waals surface area contributed by atoms with Crippen molar-refractivity contribution in [3.63, 3.8) is 0 Å². The summed E-state index contributed by atoms with van der Waals surface area (Å²) in [7, 11) is 0. The van der Waals surface area contributed by atoms with Gasteiger partial charge in [0.1, 0.15) is 5.75 Å². The Morgan fingerprint density at radius 1 is 1.25 bits per heavy atom. The van der Waals surface area contributed by atoms with Gasteiger partial charge in [0.25, 0.3) is 11.1 Å². The molecular formula is C15H17NO3S. The molecule has 2 rings (SSSR count). The summed E-state index contributed by atoms with van der Waals surface area (Å²) in [4.78, 5) is 25.3. The molecule has 0 saturated carbocycles. The maximum absolute atomic E-state index is 12.0. The minimum atomic E-state index is -0.218. The first kappa shape index (κ1) is 14.7. The number of nitrogens with zero attached hydrogens (tertiary/aromatic N) is 1. The summed E-state index contributed by atoms with van der Waals surface area (Å²) in [5.41, 5.74) is 0.878. The van der Waals surface area contributed by atoms with E-state index in [1.54, 1.807) is 13.0 Å². The van der Waals surface area contributed by atoms with Crippen molar-refractivity contribution in [2.45, 2.75) is 26.9 Å². The number of ether oxygens (including phenoxy) is 1. The highest BCUT2D eigenvalue weighted by molar-refractivity contribution is 8.18. The second-order valence-electron chi connectivity index (χ2n) is 4.66. The second-order valence-corrected chi connectivity index (χ2v) is 5.65. The zero-order valence-electron chi connectivity index (χ0n) is 11.8. The van der Waals surface area contributed by atoms with Crippen LogP contribution in [0.5, 0.6) is 5.75 Å². The highest BCUT2D eigenvalue weighted by atomic mass is 32.2. The summed E-state index contributed by atoms with van der Waals surface area (Å²) >= 11 is 0.983. The van der Waals surface area contributed by atoms with Crippen LogP contribution in [-0.2, 0) is 4.79 Å². The van der Waals surface area contributed by atoms with Gasteiger partial charge in [-0.1, -0.05) is 12.1 Å². The third-order valence-corrected chi connectivity index (χ3v) is 3.65. The molecule has 2 amide bonds. The predicted octanol–water partition coefficient (Wildman–Crippen LogP) is 3.53. The molecule has 1 heterocycles. The van der Waals surface area contributed by atoms with Crippen LogP contribution in [0.15, 0.2) is 29.2 Å². The van der Waals surface area contributed by atoms with E-state index in [2.05, 4.69) is 0 Å². The van der Waals surface area contributed by atoms with E-state index in [0.29, 0.717) is 11.4 Å². The molecule has 1 fully saturated rings. The van der Waals surface area contributed by atoms with Gasteiger partial charge in [-0.3, -0.25) is 14.5 Å². The highest BCUT2D eigenvalue weighted by Gasteiger charge is 2.33. The van der Waals surface area contributed by atoms with Crippen LogP contribution in [-0.4, -0.2) is 28.7 Å². The Morgan fingerprint density at radius 3 is 2.40 bits per heavy atom. The Kier molecular flexibility index (Phi) is 4.49. The molecule has 1 aliphatic rings. The minimum Gasteiger partial charge on any atom is -0.491 e. The Bertz CT molecular complexity index is 549. The summed E-state index contributed by atoms with van der Waals surface area (Å²) in [5, 5.41) is -0.205. The first-order chi connectivity index (χ1) is 9.51. The monoisotopic (exact) mass is 291 g/mol. The van der Waals surface area contributed by atoms with Crippen LogP contribution < -0.4 is 4.74 Å². The van der Waals surface area contributed by atoms with Gasteiger partial charge in [-0.15, -0.1) is 0 Å². The zero-order valence-corrected chi connectivity index (χ0v) is 12.6. The van der Waals surface area contributed by atoms with E-state index < -0.39 is 0 Å². The fourth-order valence-corrected chi connectivity index (χ4v) is 2.74. The Balaban J connectivity index is 2.15. The fraction of sp³-hybridized carbons (Fsp3) is 0.333. The molecule has 0 aromatic heterocycles. The normalized spacial score (nSPS) is 17.4. The average molecular weight is 291 g/mol. The van der Waals surface area contributed by atoms with Gasteiger partial charge in [0.05, 0.1) is 11.0 Å². The van der Waals surface area contributed by atoms with E-state index in [4.69, 9.17) is 4.74 Å². The maximum Gasteiger partial charge on any atom is 0.293 e. The molecule has 0 radical (unpaired) electrons. The molecule has 0 aliphatic carbocycles. The van der Waals surface area contributed by atoms with Crippen LogP contribution in [0.2, 0.25) is 0 Å². The molecule has 0 atom stereocenters. The van der Waals surface area contributed by atoms with Gasteiger partial charge in [-0.2, -0.15) is 0 Å². The molecule has 1 aromatic rings. The van der Waals surface area contributed by atoms with Crippen molar-refractivity contribution in [3.8, 4) is 5.75 Å². The molecule has 1 aromatic carbocycles. The molecule has 106 valence electrons. The number of imide groups is 1. The summed E-state index contributed by atoms with van der Waals surface area (Å²) in [6.07, 6.45) is 1.86. The van der Waals surface area contributed by atoms with Crippen molar-refractivity contribution in [2.75, 3.05) is 6.54 Å². The van der Waals surface area contributed by atoms with Crippen LogP contribution in [0.3, 0.4) is 0 Å². The van der Waals surface area contributed by atoms with Gasteiger partial charge in [0.15, 0.2) is 0 Å². The molecular weight excluding hydrogens is 274 g/mol. The first-order valence-corrected chi connectivity index (χ1v) is 7.35. The molecule has 0 spiro atoms. The largest absolute Gasteiger partial charge is 0.491 e. The van der Waals surface area contributed by atoms with Crippen molar-refractivity contribution >= 4 is 29.0 Å². The lowest BCUT2D eigenvalue weighted by Crippen LogP contribution is -2.27. The van der Waals surface area contributed by atoms with E-state index in [1.807, 2.05) is 38.1 Å². The van der Waals surface area contributed by atoms with E-state index in [1.165, 1.54) is 4.90 Å². The lowest BCUT2D eigenvalue weighted by Gasteiger charge is -2.09. The minimum absolute atomic E-state index is 0.127. The van der Waals surface area contributed by atoms with E-state index in [0.717, 1.165) is 23.1 Å². The molecule has 0 N–H and O–H groups in total. The van der Waals surface area contributed by atoms with Crippen molar-refractivity contribution < 1.29 is 14.3 Å². The molecule has 1 saturated heterocycles. The number of carbonyl (C=O) groups is 2. The number of amides is 2. The van der Waals surface area contributed by atoms with Crippen LogP contribution in [0.4, 0.5) is 4.79 Å². The van der Waals surface area contributed by atoms with Gasteiger partial charge in [0, 0.05) is 6.54 Å². The van der Waals surface area contributed by atoms with Gasteiger partial charge in [-0.25, -0.2) is 0 Å². The standard InChI is InChI=1S/C15H17NO3S/c1-4-16-14(17)13(20-15(16)18)9-11-5-7-12(8-6-11)19-10(2)3/h5-10H,4H2,1-3H3/b13-9+. The highest BCUT2D eigenvalue weighted by Crippen LogP contribution is 2.32. The quantitative estimate of drug-likeness (QED) is 0.796. The molecule has 20 heavy (non-hydrogen) atoms. The van der Waals surface area contributed by atoms with Crippen molar-refractivity contribution in [1.82, 2.24) is 4.90 Å². The summed E-state index contributed by atoms with van der Waals surface area (Å²) in [6, 6.07) is 7.46. The third-order valence-electron chi connectivity index (χ3n) is 2.74. The van der Waals surface area contributed by atoms with E-state index in [9.17, 15) is 9.59 Å². The lowest BCUT2D eigenvalue weighted by atomic mass is 10.2. The van der Waals surface area contributed by atoms with Crippen LogP contribution in [0.25, 0.3) is 6.08 Å². The van der Waals surface area contributed by atoms with Gasteiger partial charge < -0.3 is 4.74 Å². The Morgan fingerprint density at radius 2 is 1.90 bits per heavy atom. The summed E-state index contributed by atoms with van der Waals surface area (Å²) in [5.74, 6) is 0.573. The summed E-state index contributed by atoms with van der Waals surface area (Å²) < 4.78 is 5.56. The molecule has 1 aliphatic heterocycles. The number of rotatable bonds is 4. The number of benzene rings is 1. The Hall–Kier alpha value is -1.75. The number of likely N-dealkylation sites (N-methyl/N-ethyl adjacent to an activating group) is 1. The van der Waals surface area contributed by atoms with Crippen molar-refractivity contribution in [1.29, 1.82) is 0 Å². The predicted molar refractivity (Wildman–Crippen MR) is 80.6 cm³/mol. The Labute approximate surface area is 122 Å². The van der Waals surface area contributed by atoms with Crippen LogP contribution in [0, 0.1) is 0 Å². The van der Waals surface area contributed by atoms with Gasteiger partial charge in [-0.05, 0) is 56.3 Å². The van der Waals surface area contributed by atoms with Gasteiger partial charge in [0.2, 0.25) is 0 Å².